The monoisotopic (exact) mass is 427 g/mol. The molecule has 0 saturated heterocycles. The highest BCUT2D eigenvalue weighted by molar-refractivity contribution is 7.08. The molecule has 0 bridgehead atoms. The maximum absolute atomic E-state index is 11.4. The highest BCUT2D eigenvalue weighted by atomic mass is 32.1. The Kier molecular flexibility index (Phi) is 4.85. The van der Waals surface area contributed by atoms with Gasteiger partial charge in [-0.25, -0.2) is 15.0 Å². The Hall–Kier alpha value is -4.11. The molecule has 1 aromatic carbocycles. The van der Waals surface area contributed by atoms with Gasteiger partial charge in [0.25, 0.3) is 0 Å². The fourth-order valence-electron chi connectivity index (χ4n) is 3.21. The molecule has 0 aliphatic heterocycles. The number of nitrogens with zero attached hydrogens (tertiary/aromatic N) is 5. The summed E-state index contributed by atoms with van der Waals surface area (Å²) in [5.41, 5.74) is 9.94. The van der Waals surface area contributed by atoms with Crippen molar-refractivity contribution in [1.29, 1.82) is 0 Å². The third kappa shape index (κ3) is 3.74. The van der Waals surface area contributed by atoms with Gasteiger partial charge >= 0.3 is 0 Å². The summed E-state index contributed by atoms with van der Waals surface area (Å²) in [4.78, 5) is 29.6. The third-order valence-corrected chi connectivity index (χ3v) is 5.46. The third-order valence-electron chi connectivity index (χ3n) is 4.79. The lowest BCUT2D eigenvalue weighted by Crippen LogP contribution is -2.10. The number of hydrogen-bond donors (Lipinski definition) is 2. The molecule has 9 heteroatoms. The summed E-state index contributed by atoms with van der Waals surface area (Å²) in [6.45, 7) is 0.547. The van der Waals surface area contributed by atoms with Crippen molar-refractivity contribution < 1.29 is 4.79 Å². The summed E-state index contributed by atoms with van der Waals surface area (Å²) in [6, 6.07) is 12.8. The highest BCUT2D eigenvalue weighted by Gasteiger charge is 2.16. The number of thiophene rings is 1. The van der Waals surface area contributed by atoms with E-state index < -0.39 is 5.91 Å². The minimum atomic E-state index is -0.475. The van der Waals surface area contributed by atoms with Crippen LogP contribution in [0, 0.1) is 0 Å². The largest absolute Gasteiger partial charge is 0.366 e. The molecule has 5 rings (SSSR count). The quantitative estimate of drug-likeness (QED) is 0.428. The van der Waals surface area contributed by atoms with Gasteiger partial charge < -0.3 is 11.1 Å². The maximum atomic E-state index is 11.4. The number of primary amides is 1. The number of fused-ring (bicyclic) bond motifs is 1. The first-order valence-electron chi connectivity index (χ1n) is 9.50. The van der Waals surface area contributed by atoms with Crippen LogP contribution in [0.5, 0.6) is 0 Å². The number of carbonyl (C=O) groups is 1. The standard InChI is InChI=1S/C22H17N7OS/c23-19(30)15-3-5-16(6-4-15)20-27-21(25-11-14-2-1-8-24-10-14)18-22(28-20)29(13-26-18)17-7-9-31-12-17/h1-10,12-13H,11H2,(H2,23,30)(H,25,27,28). The number of aromatic nitrogens is 5. The van der Waals surface area contributed by atoms with Crippen LogP contribution >= 0.6 is 11.3 Å². The van der Waals surface area contributed by atoms with Crippen molar-refractivity contribution in [2.24, 2.45) is 5.73 Å². The van der Waals surface area contributed by atoms with Gasteiger partial charge in [0.2, 0.25) is 5.91 Å². The number of hydrogen-bond acceptors (Lipinski definition) is 7. The van der Waals surface area contributed by atoms with Gasteiger partial charge in [-0.2, -0.15) is 11.3 Å². The molecule has 4 aromatic heterocycles. The number of nitrogens with one attached hydrogen (secondary N) is 1. The van der Waals surface area contributed by atoms with E-state index in [0.29, 0.717) is 34.9 Å². The van der Waals surface area contributed by atoms with Crippen LogP contribution in [0.1, 0.15) is 15.9 Å². The minimum Gasteiger partial charge on any atom is -0.366 e. The summed E-state index contributed by atoms with van der Waals surface area (Å²) >= 11 is 1.60. The Labute approximate surface area is 181 Å². The van der Waals surface area contributed by atoms with E-state index in [2.05, 4.69) is 15.3 Å². The molecule has 0 radical (unpaired) electrons. The van der Waals surface area contributed by atoms with Crippen LogP contribution < -0.4 is 11.1 Å². The van der Waals surface area contributed by atoms with E-state index in [1.54, 1.807) is 54.3 Å². The van der Waals surface area contributed by atoms with E-state index in [9.17, 15) is 4.79 Å². The summed E-state index contributed by atoms with van der Waals surface area (Å²) in [6.07, 6.45) is 5.29. The average Bonchev–Trinajstić information content (AvgIpc) is 3.48. The Morgan fingerprint density at radius 1 is 1.13 bits per heavy atom. The molecule has 0 aliphatic rings. The van der Waals surface area contributed by atoms with E-state index in [0.717, 1.165) is 16.8 Å². The molecule has 152 valence electrons. The number of benzene rings is 1. The molecular weight excluding hydrogens is 410 g/mol. The van der Waals surface area contributed by atoms with Crippen LogP contribution in [-0.4, -0.2) is 30.4 Å². The predicted molar refractivity (Wildman–Crippen MR) is 120 cm³/mol. The average molecular weight is 427 g/mol. The van der Waals surface area contributed by atoms with Gasteiger partial charge in [0.15, 0.2) is 22.8 Å². The van der Waals surface area contributed by atoms with Crippen LogP contribution in [0.2, 0.25) is 0 Å². The SMILES string of the molecule is NC(=O)c1ccc(-c2nc(NCc3cccnc3)c3ncn(-c4ccsc4)c3n2)cc1. The Morgan fingerprint density at radius 3 is 2.71 bits per heavy atom. The number of rotatable bonds is 6. The zero-order chi connectivity index (χ0) is 21.2. The lowest BCUT2D eigenvalue weighted by atomic mass is 10.1. The fourth-order valence-corrected chi connectivity index (χ4v) is 3.84. The Balaban J connectivity index is 1.61. The van der Waals surface area contributed by atoms with Gasteiger partial charge in [0.1, 0.15) is 6.33 Å². The van der Waals surface area contributed by atoms with Crippen LogP contribution in [0.25, 0.3) is 28.2 Å². The number of pyridine rings is 1. The number of nitrogens with two attached hydrogens (primary N) is 1. The van der Waals surface area contributed by atoms with Gasteiger partial charge in [0, 0.05) is 35.4 Å². The predicted octanol–water partition coefficient (Wildman–Crippen LogP) is 3.65. The molecular formula is C22H17N7OS. The number of carbonyl (C=O) groups excluding carboxylic acids is 1. The molecule has 0 saturated carbocycles. The Bertz CT molecular complexity index is 1350. The molecule has 31 heavy (non-hydrogen) atoms. The first kappa shape index (κ1) is 18.9. The van der Waals surface area contributed by atoms with Crippen LogP contribution in [0.4, 0.5) is 5.82 Å². The molecule has 5 aromatic rings. The highest BCUT2D eigenvalue weighted by Crippen LogP contribution is 2.27. The van der Waals surface area contributed by atoms with Crippen molar-refractivity contribution in [2.45, 2.75) is 6.54 Å². The zero-order valence-electron chi connectivity index (χ0n) is 16.3. The van der Waals surface area contributed by atoms with Gasteiger partial charge in [-0.05, 0) is 35.2 Å². The molecule has 0 fully saturated rings. The van der Waals surface area contributed by atoms with E-state index in [1.165, 1.54) is 0 Å². The van der Waals surface area contributed by atoms with Crippen molar-refractivity contribution >= 4 is 34.2 Å². The molecule has 1 amide bonds. The molecule has 3 N–H and O–H groups in total. The first-order chi connectivity index (χ1) is 15.2. The van der Waals surface area contributed by atoms with E-state index >= 15 is 0 Å². The van der Waals surface area contributed by atoms with E-state index in [-0.39, 0.29) is 0 Å². The van der Waals surface area contributed by atoms with Gasteiger partial charge in [-0.1, -0.05) is 18.2 Å². The maximum Gasteiger partial charge on any atom is 0.248 e. The fraction of sp³-hybridized carbons (Fsp3) is 0.0455. The zero-order valence-corrected chi connectivity index (χ0v) is 17.1. The van der Waals surface area contributed by atoms with Crippen LogP contribution in [-0.2, 0) is 6.54 Å². The van der Waals surface area contributed by atoms with Gasteiger partial charge in [-0.15, -0.1) is 0 Å². The normalized spacial score (nSPS) is 11.0. The number of imidazole rings is 1. The Morgan fingerprint density at radius 2 is 2.00 bits per heavy atom. The topological polar surface area (TPSA) is 112 Å². The summed E-state index contributed by atoms with van der Waals surface area (Å²) in [7, 11) is 0. The molecule has 0 atom stereocenters. The van der Waals surface area contributed by atoms with Crippen LogP contribution in [0.15, 0.2) is 71.9 Å². The second kappa shape index (κ2) is 7.96. The molecule has 4 heterocycles. The minimum absolute atomic E-state index is 0.433. The smallest absolute Gasteiger partial charge is 0.248 e. The summed E-state index contributed by atoms with van der Waals surface area (Å²) < 4.78 is 1.93. The lowest BCUT2D eigenvalue weighted by Gasteiger charge is -2.10. The van der Waals surface area contributed by atoms with Gasteiger partial charge in [-0.3, -0.25) is 14.3 Å². The molecule has 0 aliphatic carbocycles. The second-order valence-corrected chi connectivity index (χ2v) is 7.60. The molecule has 8 nitrogen and oxygen atoms in total. The molecule has 0 spiro atoms. The first-order valence-corrected chi connectivity index (χ1v) is 10.4. The molecule has 0 unspecified atom stereocenters. The lowest BCUT2D eigenvalue weighted by molar-refractivity contribution is 0.100. The second-order valence-electron chi connectivity index (χ2n) is 6.82. The number of anilines is 1. The van der Waals surface area contributed by atoms with Gasteiger partial charge in [0.05, 0.1) is 5.69 Å². The summed E-state index contributed by atoms with van der Waals surface area (Å²) in [5.74, 6) is 0.670. The summed E-state index contributed by atoms with van der Waals surface area (Å²) in [5, 5.41) is 7.41. The van der Waals surface area contributed by atoms with Crippen LogP contribution in [0.3, 0.4) is 0 Å². The van der Waals surface area contributed by atoms with Crippen molar-refractivity contribution in [3.8, 4) is 17.1 Å². The van der Waals surface area contributed by atoms with Crippen molar-refractivity contribution in [1.82, 2.24) is 24.5 Å². The van der Waals surface area contributed by atoms with Crippen molar-refractivity contribution in [2.75, 3.05) is 5.32 Å². The van der Waals surface area contributed by atoms with Crippen molar-refractivity contribution in [3.63, 3.8) is 0 Å². The van der Waals surface area contributed by atoms with E-state index in [4.69, 9.17) is 15.7 Å². The number of amides is 1. The van der Waals surface area contributed by atoms with Crippen molar-refractivity contribution in [3.05, 3.63) is 83.1 Å². The van der Waals surface area contributed by atoms with E-state index in [1.807, 2.05) is 33.5 Å².